The van der Waals surface area contributed by atoms with Crippen LogP contribution in [0.4, 0.5) is 10.1 Å². The normalized spacial score (nSPS) is 11.1. The number of hydrogen-bond acceptors (Lipinski definition) is 6. The summed E-state index contributed by atoms with van der Waals surface area (Å²) < 4.78 is 27.9. The maximum atomic E-state index is 13.2. The zero-order chi connectivity index (χ0) is 16.9. The van der Waals surface area contributed by atoms with E-state index in [1.54, 1.807) is 0 Å². The minimum Gasteiger partial charge on any atom is -0.460 e. The van der Waals surface area contributed by atoms with Gasteiger partial charge in [-0.25, -0.2) is 14.0 Å². The molecule has 122 valence electrons. The highest BCUT2D eigenvalue weighted by Gasteiger charge is 2.34. The van der Waals surface area contributed by atoms with E-state index in [9.17, 15) is 14.0 Å². The second kappa shape index (κ2) is 7.42. The molecule has 0 heterocycles. The van der Waals surface area contributed by atoms with Gasteiger partial charge >= 0.3 is 11.9 Å². The summed E-state index contributed by atoms with van der Waals surface area (Å²) in [4.78, 5) is 23.9. The van der Waals surface area contributed by atoms with Gasteiger partial charge < -0.3 is 19.9 Å². The fourth-order valence-electron chi connectivity index (χ4n) is 1.44. The van der Waals surface area contributed by atoms with Gasteiger partial charge in [-0.2, -0.15) is 0 Å². The van der Waals surface area contributed by atoms with E-state index in [0.29, 0.717) is 0 Å². The van der Waals surface area contributed by atoms with E-state index in [1.807, 2.05) is 0 Å². The van der Waals surface area contributed by atoms with Gasteiger partial charge in [0.2, 0.25) is 5.60 Å². The number of carbonyl (C=O) groups is 2. The quantitative estimate of drug-likeness (QED) is 0.488. The molecule has 0 saturated heterocycles. The summed E-state index contributed by atoms with van der Waals surface area (Å²) in [7, 11) is 1.46. The van der Waals surface area contributed by atoms with Crippen molar-refractivity contribution < 1.29 is 28.2 Å². The van der Waals surface area contributed by atoms with Crippen LogP contribution >= 0.6 is 11.6 Å². The fraction of sp³-hybridized carbons (Fsp3) is 0.429. The van der Waals surface area contributed by atoms with Gasteiger partial charge in [0.25, 0.3) is 0 Å². The van der Waals surface area contributed by atoms with Crippen LogP contribution < -0.4 is 5.73 Å². The van der Waals surface area contributed by atoms with Crippen LogP contribution in [0.25, 0.3) is 0 Å². The standard InChI is InChI=1S/C14H17ClFNO5/c1-14(2,13(19)21-5-4-20-3)22-12(18)8-6-11(17)10(16)7-9(8)15/h6-7H,4-5,17H2,1-3H3. The summed E-state index contributed by atoms with van der Waals surface area (Å²) in [6, 6.07) is 1.95. The average molecular weight is 334 g/mol. The van der Waals surface area contributed by atoms with Crippen LogP contribution in [-0.2, 0) is 19.0 Å². The summed E-state index contributed by atoms with van der Waals surface area (Å²) in [6.07, 6.45) is 0. The van der Waals surface area contributed by atoms with Crippen LogP contribution in [0, 0.1) is 5.82 Å². The lowest BCUT2D eigenvalue weighted by Gasteiger charge is -2.23. The molecule has 22 heavy (non-hydrogen) atoms. The topological polar surface area (TPSA) is 87.9 Å². The van der Waals surface area contributed by atoms with Crippen LogP contribution in [0.5, 0.6) is 0 Å². The molecular formula is C14H17ClFNO5. The van der Waals surface area contributed by atoms with Crippen molar-refractivity contribution >= 4 is 29.2 Å². The number of anilines is 1. The maximum Gasteiger partial charge on any atom is 0.350 e. The third kappa shape index (κ3) is 4.57. The van der Waals surface area contributed by atoms with Crippen LogP contribution in [0.1, 0.15) is 24.2 Å². The minimum atomic E-state index is -1.54. The van der Waals surface area contributed by atoms with Gasteiger partial charge in [0.1, 0.15) is 12.4 Å². The molecule has 6 nitrogen and oxygen atoms in total. The lowest BCUT2D eigenvalue weighted by atomic mass is 10.1. The second-order valence-corrected chi connectivity index (χ2v) is 5.29. The first kappa shape index (κ1) is 18.2. The summed E-state index contributed by atoms with van der Waals surface area (Å²) >= 11 is 5.78. The van der Waals surface area contributed by atoms with E-state index >= 15 is 0 Å². The Balaban J connectivity index is 2.82. The molecule has 0 saturated carbocycles. The first-order valence-corrected chi connectivity index (χ1v) is 6.71. The number of nitrogens with two attached hydrogens (primary N) is 1. The van der Waals surface area contributed by atoms with Gasteiger partial charge in [-0.3, -0.25) is 0 Å². The van der Waals surface area contributed by atoms with Crippen molar-refractivity contribution in [2.75, 3.05) is 26.1 Å². The molecule has 2 N–H and O–H groups in total. The molecule has 0 atom stereocenters. The lowest BCUT2D eigenvalue weighted by molar-refractivity contribution is -0.163. The molecule has 0 aliphatic rings. The summed E-state index contributed by atoms with van der Waals surface area (Å²) in [5, 5.41) is -0.166. The summed E-state index contributed by atoms with van der Waals surface area (Å²) in [5.41, 5.74) is 3.45. The SMILES string of the molecule is COCCOC(=O)C(C)(C)OC(=O)c1cc(N)c(F)cc1Cl. The van der Waals surface area contributed by atoms with Crippen molar-refractivity contribution in [1.82, 2.24) is 0 Å². The zero-order valence-corrected chi connectivity index (χ0v) is 13.2. The monoisotopic (exact) mass is 333 g/mol. The highest BCUT2D eigenvalue weighted by atomic mass is 35.5. The van der Waals surface area contributed by atoms with Gasteiger partial charge in [-0.15, -0.1) is 0 Å². The minimum absolute atomic E-state index is 0.0283. The Kier molecular flexibility index (Phi) is 6.13. The molecule has 0 amide bonds. The Bertz CT molecular complexity index is 577. The van der Waals surface area contributed by atoms with E-state index in [2.05, 4.69) is 0 Å². The number of hydrogen-bond donors (Lipinski definition) is 1. The second-order valence-electron chi connectivity index (χ2n) is 4.88. The molecule has 1 rings (SSSR count). The Hall–Kier alpha value is -1.86. The molecular weight excluding hydrogens is 317 g/mol. The molecule has 0 radical (unpaired) electrons. The third-order valence-electron chi connectivity index (χ3n) is 2.67. The Morgan fingerprint density at radius 1 is 1.32 bits per heavy atom. The van der Waals surface area contributed by atoms with E-state index in [0.717, 1.165) is 12.1 Å². The molecule has 1 aromatic rings. The molecule has 0 bridgehead atoms. The zero-order valence-electron chi connectivity index (χ0n) is 12.4. The largest absolute Gasteiger partial charge is 0.460 e. The highest BCUT2D eigenvalue weighted by molar-refractivity contribution is 6.33. The molecule has 0 spiro atoms. The van der Waals surface area contributed by atoms with Crippen molar-refractivity contribution in [2.24, 2.45) is 0 Å². The number of benzene rings is 1. The lowest BCUT2D eigenvalue weighted by Crippen LogP contribution is -2.39. The molecule has 0 fully saturated rings. The predicted molar refractivity (Wildman–Crippen MR) is 78.2 cm³/mol. The van der Waals surface area contributed by atoms with Crippen LogP contribution in [-0.4, -0.2) is 37.9 Å². The van der Waals surface area contributed by atoms with Gasteiger partial charge in [-0.05, 0) is 26.0 Å². The number of rotatable bonds is 6. The van der Waals surface area contributed by atoms with Crippen LogP contribution in [0.3, 0.4) is 0 Å². The number of halogens is 2. The number of nitrogen functional groups attached to an aromatic ring is 1. The molecule has 1 aromatic carbocycles. The fourth-order valence-corrected chi connectivity index (χ4v) is 1.67. The van der Waals surface area contributed by atoms with E-state index in [1.165, 1.54) is 21.0 Å². The van der Waals surface area contributed by atoms with Crippen molar-refractivity contribution in [2.45, 2.75) is 19.4 Å². The number of methoxy groups -OCH3 is 1. The van der Waals surface area contributed by atoms with Gasteiger partial charge in [-0.1, -0.05) is 11.6 Å². The molecule has 0 unspecified atom stereocenters. The Morgan fingerprint density at radius 2 is 1.95 bits per heavy atom. The summed E-state index contributed by atoms with van der Waals surface area (Å²) in [6.45, 7) is 2.97. The average Bonchev–Trinajstić information content (AvgIpc) is 2.42. The first-order valence-electron chi connectivity index (χ1n) is 6.33. The number of ether oxygens (including phenoxy) is 3. The highest BCUT2D eigenvalue weighted by Crippen LogP contribution is 2.25. The summed E-state index contributed by atoms with van der Waals surface area (Å²) in [5.74, 6) is -2.41. The molecule has 0 aromatic heterocycles. The third-order valence-corrected chi connectivity index (χ3v) is 2.98. The number of carbonyl (C=O) groups excluding carboxylic acids is 2. The Morgan fingerprint density at radius 3 is 2.55 bits per heavy atom. The molecule has 0 aliphatic heterocycles. The number of esters is 2. The van der Waals surface area contributed by atoms with Crippen molar-refractivity contribution in [1.29, 1.82) is 0 Å². The predicted octanol–water partition coefficient (Wildman–Crippen LogP) is 2.19. The van der Waals surface area contributed by atoms with Crippen LogP contribution in [0.15, 0.2) is 12.1 Å². The van der Waals surface area contributed by atoms with Crippen molar-refractivity contribution in [3.8, 4) is 0 Å². The Labute approximate surface area is 132 Å². The van der Waals surface area contributed by atoms with E-state index in [-0.39, 0.29) is 29.5 Å². The first-order chi connectivity index (χ1) is 10.2. The van der Waals surface area contributed by atoms with Crippen LogP contribution in [0.2, 0.25) is 5.02 Å². The molecule has 0 aliphatic carbocycles. The van der Waals surface area contributed by atoms with Crippen molar-refractivity contribution in [3.05, 3.63) is 28.5 Å². The van der Waals surface area contributed by atoms with E-state index in [4.69, 9.17) is 31.5 Å². The van der Waals surface area contributed by atoms with Crippen molar-refractivity contribution in [3.63, 3.8) is 0 Å². The van der Waals surface area contributed by atoms with Gasteiger partial charge in [0.05, 0.1) is 22.9 Å². The van der Waals surface area contributed by atoms with Gasteiger partial charge in [0, 0.05) is 7.11 Å². The smallest absolute Gasteiger partial charge is 0.350 e. The molecule has 8 heteroatoms. The van der Waals surface area contributed by atoms with Gasteiger partial charge in [0.15, 0.2) is 0 Å². The maximum absolute atomic E-state index is 13.2. The van der Waals surface area contributed by atoms with E-state index < -0.39 is 23.4 Å².